The van der Waals surface area contributed by atoms with Gasteiger partial charge in [0.15, 0.2) is 0 Å². The third-order valence-electron chi connectivity index (χ3n) is 2.29. The minimum absolute atomic E-state index is 0.0331. The second-order valence-electron chi connectivity index (χ2n) is 3.50. The molecule has 0 radical (unpaired) electrons. The van der Waals surface area contributed by atoms with Gasteiger partial charge in [0.05, 0.1) is 10.9 Å². The van der Waals surface area contributed by atoms with Crippen LogP contribution in [0.25, 0.3) is 0 Å². The summed E-state index contributed by atoms with van der Waals surface area (Å²) in [5.41, 5.74) is 1.15. The maximum Gasteiger partial charge on any atom is 0.233 e. The molecule has 0 aliphatic carbocycles. The molecule has 3 heteroatoms. The van der Waals surface area contributed by atoms with Crippen LogP contribution < -0.4 is 5.32 Å². The van der Waals surface area contributed by atoms with E-state index in [4.69, 9.17) is 0 Å². The molecule has 1 aromatic rings. The first-order valence-corrected chi connectivity index (χ1v) is 6.06. The lowest BCUT2D eigenvalue weighted by Gasteiger charge is -2.18. The molecule has 1 amide bonds. The highest BCUT2D eigenvalue weighted by Crippen LogP contribution is 2.16. The van der Waals surface area contributed by atoms with Gasteiger partial charge in [0, 0.05) is 0 Å². The Morgan fingerprint density at radius 2 is 2.00 bits per heavy atom. The summed E-state index contributed by atoms with van der Waals surface area (Å²) in [7, 11) is 0. The highest BCUT2D eigenvalue weighted by Gasteiger charge is 2.15. The molecule has 0 bridgehead atoms. The van der Waals surface area contributed by atoms with E-state index in [1.807, 2.05) is 37.3 Å². The summed E-state index contributed by atoms with van der Waals surface area (Å²) >= 11 is 3.26. The third-order valence-corrected chi connectivity index (χ3v) is 2.70. The van der Waals surface area contributed by atoms with Crippen LogP contribution in [0, 0.1) is 0 Å². The van der Waals surface area contributed by atoms with Crippen LogP contribution in [0.3, 0.4) is 0 Å². The predicted molar refractivity (Wildman–Crippen MR) is 66.0 cm³/mol. The molecular weight excluding hydrogens is 254 g/mol. The Bertz CT molecular complexity index is 311. The first-order chi connectivity index (χ1) is 7.15. The smallest absolute Gasteiger partial charge is 0.233 e. The van der Waals surface area contributed by atoms with Crippen molar-refractivity contribution in [1.82, 2.24) is 5.32 Å². The molecular formula is C12H16BrNO. The van der Waals surface area contributed by atoms with E-state index in [2.05, 4.69) is 28.2 Å². The lowest BCUT2D eigenvalue weighted by atomic mass is 10.0. The van der Waals surface area contributed by atoms with Gasteiger partial charge in [-0.1, -0.05) is 53.2 Å². The molecule has 0 saturated heterocycles. The summed E-state index contributed by atoms with van der Waals surface area (Å²) in [5.74, 6) is 0.0331. The summed E-state index contributed by atoms with van der Waals surface area (Å²) in [4.78, 5) is 11.4. The largest absolute Gasteiger partial charge is 0.348 e. The SMILES string of the molecule is CCC(NC(=O)C(C)Br)c1ccccc1. The molecule has 1 aromatic carbocycles. The van der Waals surface area contributed by atoms with E-state index in [0.29, 0.717) is 0 Å². The fraction of sp³-hybridized carbons (Fsp3) is 0.417. The molecule has 0 aromatic heterocycles. The highest BCUT2D eigenvalue weighted by atomic mass is 79.9. The van der Waals surface area contributed by atoms with Crippen molar-refractivity contribution in [3.05, 3.63) is 35.9 Å². The summed E-state index contributed by atoms with van der Waals surface area (Å²) in [6, 6.07) is 10.1. The zero-order valence-electron chi connectivity index (χ0n) is 9.03. The van der Waals surface area contributed by atoms with Crippen LogP contribution in [0.2, 0.25) is 0 Å². The van der Waals surface area contributed by atoms with Crippen molar-refractivity contribution in [2.24, 2.45) is 0 Å². The van der Waals surface area contributed by atoms with Gasteiger partial charge in [0.1, 0.15) is 0 Å². The van der Waals surface area contributed by atoms with Crippen molar-refractivity contribution in [1.29, 1.82) is 0 Å². The topological polar surface area (TPSA) is 29.1 Å². The molecule has 15 heavy (non-hydrogen) atoms. The molecule has 0 spiro atoms. The fourth-order valence-corrected chi connectivity index (χ4v) is 1.53. The first-order valence-electron chi connectivity index (χ1n) is 5.14. The van der Waals surface area contributed by atoms with Crippen LogP contribution in [0.4, 0.5) is 0 Å². The third kappa shape index (κ3) is 3.67. The van der Waals surface area contributed by atoms with E-state index in [-0.39, 0.29) is 16.8 Å². The van der Waals surface area contributed by atoms with Crippen LogP contribution in [0.15, 0.2) is 30.3 Å². The molecule has 0 aliphatic rings. The van der Waals surface area contributed by atoms with Gasteiger partial charge in [0.25, 0.3) is 0 Å². The number of carbonyl (C=O) groups excluding carboxylic acids is 1. The molecule has 2 nitrogen and oxygen atoms in total. The lowest BCUT2D eigenvalue weighted by molar-refractivity contribution is -0.120. The van der Waals surface area contributed by atoms with Crippen molar-refractivity contribution in [2.75, 3.05) is 0 Å². The van der Waals surface area contributed by atoms with Crippen molar-refractivity contribution in [3.63, 3.8) is 0 Å². The molecule has 1 N–H and O–H groups in total. The average Bonchev–Trinajstić information content (AvgIpc) is 2.26. The molecule has 2 unspecified atom stereocenters. The average molecular weight is 270 g/mol. The maximum absolute atomic E-state index is 11.5. The van der Waals surface area contributed by atoms with Gasteiger partial charge in [0.2, 0.25) is 5.91 Å². The Morgan fingerprint density at radius 1 is 1.40 bits per heavy atom. The lowest BCUT2D eigenvalue weighted by Crippen LogP contribution is -2.32. The number of alkyl halides is 1. The van der Waals surface area contributed by atoms with Crippen LogP contribution in [-0.4, -0.2) is 10.7 Å². The molecule has 82 valence electrons. The minimum atomic E-state index is -0.143. The summed E-state index contributed by atoms with van der Waals surface area (Å²) in [6.45, 7) is 3.89. The Morgan fingerprint density at radius 3 is 2.47 bits per heavy atom. The Hall–Kier alpha value is -0.830. The Kier molecular flexibility index (Phi) is 4.82. The van der Waals surface area contributed by atoms with E-state index in [0.717, 1.165) is 12.0 Å². The Labute approximate surface area is 99.2 Å². The Balaban J connectivity index is 2.69. The summed E-state index contributed by atoms with van der Waals surface area (Å²) in [5, 5.41) is 3.00. The zero-order valence-corrected chi connectivity index (χ0v) is 10.6. The van der Waals surface area contributed by atoms with Crippen LogP contribution in [0.1, 0.15) is 31.9 Å². The number of halogens is 1. The molecule has 0 fully saturated rings. The van der Waals surface area contributed by atoms with Gasteiger partial charge < -0.3 is 5.32 Å². The van der Waals surface area contributed by atoms with Gasteiger partial charge in [-0.3, -0.25) is 4.79 Å². The van der Waals surface area contributed by atoms with E-state index < -0.39 is 0 Å². The van der Waals surface area contributed by atoms with E-state index >= 15 is 0 Å². The summed E-state index contributed by atoms with van der Waals surface area (Å²) < 4.78 is 0. The number of hydrogen-bond donors (Lipinski definition) is 1. The van der Waals surface area contributed by atoms with E-state index in [1.54, 1.807) is 0 Å². The molecule has 0 heterocycles. The maximum atomic E-state index is 11.5. The molecule has 0 saturated carbocycles. The number of hydrogen-bond acceptors (Lipinski definition) is 1. The van der Waals surface area contributed by atoms with Crippen molar-refractivity contribution in [3.8, 4) is 0 Å². The molecule has 1 rings (SSSR count). The van der Waals surface area contributed by atoms with Gasteiger partial charge in [-0.2, -0.15) is 0 Å². The number of nitrogens with one attached hydrogen (secondary N) is 1. The zero-order chi connectivity index (χ0) is 11.3. The second kappa shape index (κ2) is 5.91. The predicted octanol–water partition coefficient (Wildman–Crippen LogP) is 3.04. The normalized spacial score (nSPS) is 14.3. The summed E-state index contributed by atoms with van der Waals surface area (Å²) in [6.07, 6.45) is 0.898. The van der Waals surface area contributed by atoms with Crippen molar-refractivity contribution >= 4 is 21.8 Å². The standard InChI is InChI=1S/C12H16BrNO/c1-3-11(14-12(15)9(2)13)10-7-5-4-6-8-10/h4-9,11H,3H2,1-2H3,(H,14,15). The van der Waals surface area contributed by atoms with Crippen LogP contribution >= 0.6 is 15.9 Å². The number of rotatable bonds is 4. The molecule has 0 aliphatic heterocycles. The van der Waals surface area contributed by atoms with E-state index in [9.17, 15) is 4.79 Å². The minimum Gasteiger partial charge on any atom is -0.348 e. The monoisotopic (exact) mass is 269 g/mol. The second-order valence-corrected chi connectivity index (χ2v) is 4.87. The van der Waals surface area contributed by atoms with Crippen molar-refractivity contribution < 1.29 is 4.79 Å². The van der Waals surface area contributed by atoms with Crippen molar-refractivity contribution in [2.45, 2.75) is 31.1 Å². The van der Waals surface area contributed by atoms with Crippen LogP contribution in [-0.2, 0) is 4.79 Å². The number of carbonyl (C=O) groups is 1. The van der Waals surface area contributed by atoms with Gasteiger partial charge in [-0.15, -0.1) is 0 Å². The first kappa shape index (κ1) is 12.2. The number of amides is 1. The quantitative estimate of drug-likeness (QED) is 0.837. The number of benzene rings is 1. The fourth-order valence-electron chi connectivity index (χ4n) is 1.39. The molecule has 2 atom stereocenters. The van der Waals surface area contributed by atoms with Gasteiger partial charge in [-0.25, -0.2) is 0 Å². The van der Waals surface area contributed by atoms with Gasteiger partial charge >= 0.3 is 0 Å². The van der Waals surface area contributed by atoms with E-state index in [1.165, 1.54) is 0 Å². The van der Waals surface area contributed by atoms with Gasteiger partial charge in [-0.05, 0) is 18.9 Å². The van der Waals surface area contributed by atoms with Crippen LogP contribution in [0.5, 0.6) is 0 Å². The highest BCUT2D eigenvalue weighted by molar-refractivity contribution is 9.10.